The summed E-state index contributed by atoms with van der Waals surface area (Å²) >= 11 is 0. The van der Waals surface area contributed by atoms with Gasteiger partial charge in [0.25, 0.3) is 0 Å². The van der Waals surface area contributed by atoms with E-state index in [0.29, 0.717) is 24.5 Å². The molecule has 0 atom stereocenters. The number of methoxy groups -OCH3 is 1. The molecule has 5 heteroatoms. The number of pyridine rings is 1. The topological polar surface area (TPSA) is 71.5 Å². The van der Waals surface area contributed by atoms with Crippen LogP contribution in [0.1, 0.15) is 36.2 Å². The molecule has 2 N–H and O–H groups in total. The Labute approximate surface area is 114 Å². The number of rotatable bonds is 7. The first-order chi connectivity index (χ1) is 8.87. The third-order valence-corrected chi connectivity index (χ3v) is 3.09. The van der Waals surface area contributed by atoms with E-state index in [1.807, 2.05) is 0 Å². The summed E-state index contributed by atoms with van der Waals surface area (Å²) in [5, 5.41) is 12.4. The van der Waals surface area contributed by atoms with Gasteiger partial charge in [0.15, 0.2) is 0 Å². The number of nitrogens with zero attached hydrogens (tertiary/aromatic N) is 1. The molecule has 0 bridgehead atoms. The highest BCUT2D eigenvalue weighted by atomic mass is 16.5. The Balaban J connectivity index is 2.78. The van der Waals surface area contributed by atoms with E-state index in [-0.39, 0.29) is 11.0 Å². The van der Waals surface area contributed by atoms with Gasteiger partial charge in [-0.25, -0.2) is 9.78 Å². The molecule has 0 radical (unpaired) electrons. The lowest BCUT2D eigenvalue weighted by molar-refractivity contribution is 0.0696. The predicted octanol–water partition coefficient (Wildman–Crippen LogP) is 2.56. The monoisotopic (exact) mass is 266 g/mol. The van der Waals surface area contributed by atoms with Crippen molar-refractivity contribution in [3.63, 3.8) is 0 Å². The number of hydrogen-bond donors (Lipinski definition) is 2. The molecule has 1 heterocycles. The minimum Gasteiger partial charge on any atom is -0.478 e. The average Bonchev–Trinajstić information content (AvgIpc) is 2.33. The fraction of sp³-hybridized carbons (Fsp3) is 0.571. The SMILES string of the molecule is COCCC(C)(C)CNc1nccc(C)c1C(=O)O. The normalized spacial score (nSPS) is 11.4. The van der Waals surface area contributed by atoms with Gasteiger partial charge in [-0.1, -0.05) is 13.8 Å². The Morgan fingerprint density at radius 2 is 2.21 bits per heavy atom. The molecule has 0 aliphatic carbocycles. The second kappa shape index (κ2) is 6.52. The van der Waals surface area contributed by atoms with Crippen LogP contribution < -0.4 is 5.32 Å². The Bertz CT molecular complexity index is 444. The fourth-order valence-corrected chi connectivity index (χ4v) is 1.75. The minimum absolute atomic E-state index is 0.0111. The molecule has 19 heavy (non-hydrogen) atoms. The lowest BCUT2D eigenvalue weighted by Crippen LogP contribution is -2.26. The molecule has 0 amide bonds. The van der Waals surface area contributed by atoms with Crippen molar-refractivity contribution in [3.8, 4) is 0 Å². The van der Waals surface area contributed by atoms with Crippen molar-refractivity contribution in [2.24, 2.45) is 5.41 Å². The number of carboxylic acids is 1. The molecule has 1 aromatic heterocycles. The third kappa shape index (κ3) is 4.52. The average molecular weight is 266 g/mol. The number of hydrogen-bond acceptors (Lipinski definition) is 4. The lowest BCUT2D eigenvalue weighted by Gasteiger charge is -2.25. The van der Waals surface area contributed by atoms with Crippen molar-refractivity contribution in [1.29, 1.82) is 0 Å². The zero-order chi connectivity index (χ0) is 14.5. The van der Waals surface area contributed by atoms with Gasteiger partial charge in [0, 0.05) is 26.5 Å². The van der Waals surface area contributed by atoms with Crippen LogP contribution in [0.3, 0.4) is 0 Å². The molecule has 1 aromatic rings. The summed E-state index contributed by atoms with van der Waals surface area (Å²) in [6.07, 6.45) is 2.51. The highest BCUT2D eigenvalue weighted by molar-refractivity contribution is 5.94. The van der Waals surface area contributed by atoms with Crippen LogP contribution in [0.25, 0.3) is 0 Å². The van der Waals surface area contributed by atoms with E-state index in [2.05, 4.69) is 24.1 Å². The number of aromatic nitrogens is 1. The smallest absolute Gasteiger partial charge is 0.339 e. The molecule has 0 saturated heterocycles. The number of nitrogens with one attached hydrogen (secondary N) is 1. The summed E-state index contributed by atoms with van der Waals surface area (Å²) in [6, 6.07) is 1.70. The van der Waals surface area contributed by atoms with Gasteiger partial charge in [0.2, 0.25) is 0 Å². The van der Waals surface area contributed by atoms with E-state index >= 15 is 0 Å². The number of aryl methyl sites for hydroxylation is 1. The van der Waals surface area contributed by atoms with Crippen molar-refractivity contribution >= 4 is 11.8 Å². The zero-order valence-corrected chi connectivity index (χ0v) is 12.0. The minimum atomic E-state index is -0.956. The molecule has 0 unspecified atom stereocenters. The molecule has 0 aliphatic rings. The Morgan fingerprint density at radius 3 is 2.79 bits per heavy atom. The van der Waals surface area contributed by atoms with Gasteiger partial charge < -0.3 is 15.2 Å². The maximum absolute atomic E-state index is 11.2. The molecule has 0 saturated carbocycles. The summed E-state index contributed by atoms with van der Waals surface area (Å²) in [6.45, 7) is 7.31. The Hall–Kier alpha value is -1.62. The van der Waals surface area contributed by atoms with Gasteiger partial charge in [0.1, 0.15) is 11.4 Å². The molecule has 5 nitrogen and oxygen atoms in total. The van der Waals surface area contributed by atoms with Crippen LogP contribution in [0.5, 0.6) is 0 Å². The van der Waals surface area contributed by atoms with Crippen molar-refractivity contribution in [3.05, 3.63) is 23.4 Å². The van der Waals surface area contributed by atoms with Gasteiger partial charge in [-0.3, -0.25) is 0 Å². The summed E-state index contributed by atoms with van der Waals surface area (Å²) in [7, 11) is 1.67. The van der Waals surface area contributed by atoms with Gasteiger partial charge in [-0.2, -0.15) is 0 Å². The second-order valence-corrected chi connectivity index (χ2v) is 5.42. The van der Waals surface area contributed by atoms with Crippen LogP contribution in [0.2, 0.25) is 0 Å². The van der Waals surface area contributed by atoms with E-state index in [9.17, 15) is 9.90 Å². The highest BCUT2D eigenvalue weighted by Gasteiger charge is 2.20. The molecular formula is C14H22N2O3. The third-order valence-electron chi connectivity index (χ3n) is 3.09. The zero-order valence-electron chi connectivity index (χ0n) is 12.0. The maximum atomic E-state index is 11.2. The van der Waals surface area contributed by atoms with Gasteiger partial charge >= 0.3 is 5.97 Å². The van der Waals surface area contributed by atoms with Gasteiger partial charge in [-0.15, -0.1) is 0 Å². The second-order valence-electron chi connectivity index (χ2n) is 5.42. The molecule has 0 spiro atoms. The lowest BCUT2D eigenvalue weighted by atomic mass is 9.89. The largest absolute Gasteiger partial charge is 0.478 e. The maximum Gasteiger partial charge on any atom is 0.339 e. The van der Waals surface area contributed by atoms with Crippen molar-refractivity contribution in [2.75, 3.05) is 25.6 Å². The number of ether oxygens (including phenoxy) is 1. The molecule has 0 aliphatic heterocycles. The Kier molecular flexibility index (Phi) is 5.30. The first kappa shape index (κ1) is 15.4. The number of carbonyl (C=O) groups is 1. The van der Waals surface area contributed by atoms with Crippen molar-refractivity contribution in [1.82, 2.24) is 4.98 Å². The fourth-order valence-electron chi connectivity index (χ4n) is 1.75. The van der Waals surface area contributed by atoms with Gasteiger partial charge in [-0.05, 0) is 30.4 Å². The number of anilines is 1. The summed E-state index contributed by atoms with van der Waals surface area (Å²) in [5.74, 6) is -0.527. The van der Waals surface area contributed by atoms with Crippen LogP contribution in [-0.4, -0.2) is 36.3 Å². The van der Waals surface area contributed by atoms with Crippen LogP contribution >= 0.6 is 0 Å². The standard InChI is InChI=1S/C14H22N2O3/c1-10-5-7-15-12(11(10)13(17)18)16-9-14(2,3)6-8-19-4/h5,7H,6,8-9H2,1-4H3,(H,15,16)(H,17,18). The molecule has 0 fully saturated rings. The van der Waals surface area contributed by atoms with Gasteiger partial charge in [0.05, 0.1) is 0 Å². The van der Waals surface area contributed by atoms with Crippen LogP contribution in [0, 0.1) is 12.3 Å². The van der Waals surface area contributed by atoms with Crippen LogP contribution in [0.4, 0.5) is 5.82 Å². The number of carboxylic acid groups (broad SMARTS) is 1. The summed E-state index contributed by atoms with van der Waals surface area (Å²) < 4.78 is 5.07. The van der Waals surface area contributed by atoms with E-state index < -0.39 is 5.97 Å². The highest BCUT2D eigenvalue weighted by Crippen LogP contribution is 2.23. The predicted molar refractivity (Wildman–Crippen MR) is 74.7 cm³/mol. The first-order valence-corrected chi connectivity index (χ1v) is 6.29. The van der Waals surface area contributed by atoms with Crippen LogP contribution in [-0.2, 0) is 4.74 Å². The summed E-state index contributed by atoms with van der Waals surface area (Å²) in [4.78, 5) is 15.4. The van der Waals surface area contributed by atoms with Crippen molar-refractivity contribution in [2.45, 2.75) is 27.2 Å². The molecule has 1 rings (SSSR count). The first-order valence-electron chi connectivity index (χ1n) is 6.29. The molecule has 106 valence electrons. The van der Waals surface area contributed by atoms with E-state index in [0.717, 1.165) is 6.42 Å². The summed E-state index contributed by atoms with van der Waals surface area (Å²) in [5.41, 5.74) is 0.960. The molecule has 0 aromatic carbocycles. The Morgan fingerprint density at radius 1 is 1.53 bits per heavy atom. The van der Waals surface area contributed by atoms with Crippen LogP contribution in [0.15, 0.2) is 12.3 Å². The van der Waals surface area contributed by atoms with E-state index in [1.54, 1.807) is 26.3 Å². The molecular weight excluding hydrogens is 244 g/mol. The van der Waals surface area contributed by atoms with E-state index in [4.69, 9.17) is 4.74 Å². The van der Waals surface area contributed by atoms with E-state index in [1.165, 1.54) is 0 Å². The number of aromatic carboxylic acids is 1. The van der Waals surface area contributed by atoms with Crippen molar-refractivity contribution < 1.29 is 14.6 Å². The quantitative estimate of drug-likeness (QED) is 0.793.